The molecule has 7 nitrogen and oxygen atoms in total. The van der Waals surface area contributed by atoms with Gasteiger partial charge in [0.15, 0.2) is 6.61 Å². The molecule has 0 atom stereocenters. The number of aliphatic hydroxyl groups is 1. The molecule has 0 saturated heterocycles. The average molecular weight is 529 g/mol. The lowest BCUT2D eigenvalue weighted by molar-refractivity contribution is -0.153. The van der Waals surface area contributed by atoms with Crippen LogP contribution < -0.4 is 20.1 Å². The van der Waals surface area contributed by atoms with E-state index in [9.17, 15) is 22.8 Å². The second kappa shape index (κ2) is 13.8. The van der Waals surface area contributed by atoms with Crippen molar-refractivity contribution < 1.29 is 37.3 Å². The van der Waals surface area contributed by atoms with E-state index in [1.54, 1.807) is 24.3 Å². The largest absolute Gasteiger partial charge is 0.493 e. The van der Waals surface area contributed by atoms with Crippen molar-refractivity contribution in [2.24, 2.45) is 0 Å². The van der Waals surface area contributed by atoms with Crippen LogP contribution >= 0.6 is 0 Å². The van der Waals surface area contributed by atoms with Gasteiger partial charge in [-0.25, -0.2) is 0 Å². The standard InChI is InChI=1S/C28H27F3N2O5/c29-28(30,31)19-38-24-10-6-21(7-11-24)18-25(27(36)32-15-16-34)33-26(35)22-8-12-23(13-9-22)37-17-14-20-4-2-1-3-5-20/h1-13,18,34H,14-17,19H2,(H,32,36)(H,33,35). The minimum Gasteiger partial charge on any atom is -0.493 e. The van der Waals surface area contributed by atoms with E-state index in [0.717, 1.165) is 12.0 Å². The number of rotatable bonds is 12. The number of amides is 2. The van der Waals surface area contributed by atoms with E-state index < -0.39 is 24.6 Å². The number of ether oxygens (including phenoxy) is 2. The Kier molecular flexibility index (Phi) is 10.3. The third-order valence-electron chi connectivity index (χ3n) is 5.10. The van der Waals surface area contributed by atoms with E-state index in [1.807, 2.05) is 30.3 Å². The summed E-state index contributed by atoms with van der Waals surface area (Å²) in [6, 6.07) is 21.8. The fourth-order valence-corrected chi connectivity index (χ4v) is 3.24. The smallest absolute Gasteiger partial charge is 0.422 e. The van der Waals surface area contributed by atoms with Crippen LogP contribution in [-0.2, 0) is 11.2 Å². The number of nitrogens with one attached hydrogen (secondary N) is 2. The average Bonchev–Trinajstić information content (AvgIpc) is 2.91. The first kappa shape index (κ1) is 28.3. The van der Waals surface area contributed by atoms with E-state index in [-0.39, 0.29) is 30.2 Å². The zero-order valence-corrected chi connectivity index (χ0v) is 20.3. The summed E-state index contributed by atoms with van der Waals surface area (Å²) in [7, 11) is 0. The molecule has 0 radical (unpaired) electrons. The lowest BCUT2D eigenvalue weighted by atomic mass is 10.1. The van der Waals surface area contributed by atoms with Crippen molar-refractivity contribution >= 4 is 17.9 Å². The van der Waals surface area contributed by atoms with Crippen molar-refractivity contribution in [1.82, 2.24) is 10.6 Å². The molecule has 2 amide bonds. The highest BCUT2D eigenvalue weighted by Crippen LogP contribution is 2.20. The molecule has 0 spiro atoms. The van der Waals surface area contributed by atoms with Crippen LogP contribution in [0.25, 0.3) is 6.08 Å². The van der Waals surface area contributed by atoms with Crippen molar-refractivity contribution in [3.8, 4) is 11.5 Å². The molecule has 0 unspecified atom stereocenters. The molecule has 0 aromatic heterocycles. The number of halogens is 3. The summed E-state index contributed by atoms with van der Waals surface area (Å²) in [5.41, 5.74) is 1.74. The molecule has 38 heavy (non-hydrogen) atoms. The third kappa shape index (κ3) is 9.62. The monoisotopic (exact) mass is 528 g/mol. The van der Waals surface area contributed by atoms with Gasteiger partial charge in [0, 0.05) is 18.5 Å². The minimum atomic E-state index is -4.46. The Balaban J connectivity index is 1.64. The van der Waals surface area contributed by atoms with Crippen LogP contribution in [0.15, 0.2) is 84.6 Å². The summed E-state index contributed by atoms with van der Waals surface area (Å²) < 4.78 is 47.4. The van der Waals surface area contributed by atoms with Gasteiger partial charge in [0.25, 0.3) is 11.8 Å². The Morgan fingerprint density at radius 2 is 1.50 bits per heavy atom. The van der Waals surface area contributed by atoms with Crippen LogP contribution in [-0.4, -0.2) is 49.5 Å². The highest BCUT2D eigenvalue weighted by molar-refractivity contribution is 6.05. The van der Waals surface area contributed by atoms with E-state index in [1.165, 1.54) is 30.3 Å². The van der Waals surface area contributed by atoms with Crippen molar-refractivity contribution in [2.45, 2.75) is 12.6 Å². The fraction of sp³-hybridized carbons (Fsp3) is 0.214. The summed E-state index contributed by atoms with van der Waals surface area (Å²) in [5, 5.41) is 14.0. The zero-order chi connectivity index (χ0) is 27.4. The molecule has 3 N–H and O–H groups in total. The first-order valence-electron chi connectivity index (χ1n) is 11.7. The molecule has 0 saturated carbocycles. The molecule has 0 fully saturated rings. The first-order valence-corrected chi connectivity index (χ1v) is 11.7. The van der Waals surface area contributed by atoms with Gasteiger partial charge in [-0.05, 0) is 53.6 Å². The number of hydrogen-bond acceptors (Lipinski definition) is 5. The topological polar surface area (TPSA) is 96.9 Å². The molecule has 200 valence electrons. The quantitative estimate of drug-likeness (QED) is 0.307. The predicted octanol–water partition coefficient (Wildman–Crippen LogP) is 4.13. The van der Waals surface area contributed by atoms with Gasteiger partial charge in [0.1, 0.15) is 17.2 Å². The van der Waals surface area contributed by atoms with Crippen LogP contribution in [0.2, 0.25) is 0 Å². The van der Waals surface area contributed by atoms with Crippen molar-refractivity contribution in [3.63, 3.8) is 0 Å². The van der Waals surface area contributed by atoms with E-state index in [4.69, 9.17) is 9.84 Å². The molecule has 3 aromatic carbocycles. The third-order valence-corrected chi connectivity index (χ3v) is 5.10. The second-order valence-corrected chi connectivity index (χ2v) is 8.07. The Bertz CT molecular complexity index is 1210. The van der Waals surface area contributed by atoms with Gasteiger partial charge in [0.2, 0.25) is 0 Å². The van der Waals surface area contributed by atoms with Gasteiger partial charge < -0.3 is 25.2 Å². The summed E-state index contributed by atoms with van der Waals surface area (Å²) in [5.74, 6) is -0.621. The maximum absolute atomic E-state index is 12.8. The van der Waals surface area contributed by atoms with E-state index in [2.05, 4.69) is 15.4 Å². The number of aliphatic hydroxyl groups excluding tert-OH is 1. The lowest BCUT2D eigenvalue weighted by Crippen LogP contribution is -2.36. The number of carbonyl (C=O) groups is 2. The maximum atomic E-state index is 12.8. The van der Waals surface area contributed by atoms with Crippen LogP contribution in [0.4, 0.5) is 13.2 Å². The van der Waals surface area contributed by atoms with Gasteiger partial charge in [-0.3, -0.25) is 9.59 Å². The van der Waals surface area contributed by atoms with Gasteiger partial charge in [0.05, 0.1) is 13.2 Å². The van der Waals surface area contributed by atoms with Crippen LogP contribution in [0, 0.1) is 0 Å². The van der Waals surface area contributed by atoms with Crippen molar-refractivity contribution in [3.05, 3.63) is 101 Å². The maximum Gasteiger partial charge on any atom is 0.422 e. The first-order chi connectivity index (χ1) is 18.2. The second-order valence-electron chi connectivity index (χ2n) is 8.07. The molecule has 0 aliphatic carbocycles. The molecule has 0 heterocycles. The molecule has 0 aliphatic heterocycles. The van der Waals surface area contributed by atoms with Gasteiger partial charge in [-0.15, -0.1) is 0 Å². The summed E-state index contributed by atoms with van der Waals surface area (Å²) in [6.07, 6.45) is -2.37. The number of benzene rings is 3. The zero-order valence-electron chi connectivity index (χ0n) is 20.3. The summed E-state index contributed by atoms with van der Waals surface area (Å²) >= 11 is 0. The Labute approximate surface area is 217 Å². The fourth-order valence-electron chi connectivity index (χ4n) is 3.24. The summed E-state index contributed by atoms with van der Waals surface area (Å²) in [4.78, 5) is 25.4. The molecular formula is C28H27F3N2O5. The van der Waals surface area contributed by atoms with Crippen LogP contribution in [0.3, 0.4) is 0 Å². The van der Waals surface area contributed by atoms with Gasteiger partial charge in [-0.2, -0.15) is 13.2 Å². The molecule has 3 rings (SSSR count). The predicted molar refractivity (Wildman–Crippen MR) is 136 cm³/mol. The summed E-state index contributed by atoms with van der Waals surface area (Å²) in [6.45, 7) is -1.30. The molecule has 10 heteroatoms. The number of carbonyl (C=O) groups excluding carboxylic acids is 2. The van der Waals surface area contributed by atoms with Crippen LogP contribution in [0.1, 0.15) is 21.5 Å². The Morgan fingerprint density at radius 1 is 0.868 bits per heavy atom. The Morgan fingerprint density at radius 3 is 2.13 bits per heavy atom. The highest BCUT2D eigenvalue weighted by atomic mass is 19.4. The van der Waals surface area contributed by atoms with Gasteiger partial charge >= 0.3 is 6.18 Å². The van der Waals surface area contributed by atoms with Crippen molar-refractivity contribution in [1.29, 1.82) is 0 Å². The minimum absolute atomic E-state index is 0.000805. The Hall–Kier alpha value is -4.31. The molecule has 0 aliphatic rings. The number of alkyl halides is 3. The van der Waals surface area contributed by atoms with Gasteiger partial charge in [-0.1, -0.05) is 42.5 Å². The lowest BCUT2D eigenvalue weighted by Gasteiger charge is -2.12. The van der Waals surface area contributed by atoms with Crippen molar-refractivity contribution in [2.75, 3.05) is 26.4 Å². The van der Waals surface area contributed by atoms with Crippen LogP contribution in [0.5, 0.6) is 11.5 Å². The molecule has 0 bridgehead atoms. The highest BCUT2D eigenvalue weighted by Gasteiger charge is 2.28. The molecular weight excluding hydrogens is 501 g/mol. The van der Waals surface area contributed by atoms with E-state index >= 15 is 0 Å². The van der Waals surface area contributed by atoms with E-state index in [0.29, 0.717) is 17.9 Å². The molecule has 3 aromatic rings. The normalized spacial score (nSPS) is 11.5. The SMILES string of the molecule is O=C(NCCO)C(=Cc1ccc(OCC(F)(F)F)cc1)NC(=O)c1ccc(OCCc2ccccc2)cc1. The number of hydrogen-bond donors (Lipinski definition) is 3.